The van der Waals surface area contributed by atoms with Crippen molar-refractivity contribution in [1.82, 2.24) is 0 Å². The first-order valence-corrected chi connectivity index (χ1v) is 4.24. The molecule has 0 unspecified atom stereocenters. The van der Waals surface area contributed by atoms with E-state index in [1.54, 1.807) is 0 Å². The summed E-state index contributed by atoms with van der Waals surface area (Å²) in [5.74, 6) is -2.74. The van der Waals surface area contributed by atoms with Crippen molar-refractivity contribution in [3.05, 3.63) is 23.3 Å². The van der Waals surface area contributed by atoms with Crippen LogP contribution in [0.1, 0.15) is 20.7 Å². The van der Waals surface area contributed by atoms with E-state index in [0.717, 1.165) is 0 Å². The van der Waals surface area contributed by atoms with Crippen molar-refractivity contribution in [1.29, 1.82) is 0 Å². The molecular formula is C10H10O6. The lowest BCUT2D eigenvalue weighted by Crippen LogP contribution is -2.09. The summed E-state index contributed by atoms with van der Waals surface area (Å²) in [6, 6.07) is 2.50. The predicted molar refractivity (Wildman–Crippen MR) is 53.5 cm³/mol. The van der Waals surface area contributed by atoms with E-state index in [0.29, 0.717) is 0 Å². The summed E-state index contributed by atoms with van der Waals surface area (Å²) in [5.41, 5.74) is -0.523. The third-order valence-electron chi connectivity index (χ3n) is 1.99. The van der Waals surface area contributed by atoms with Gasteiger partial charge in [-0.2, -0.15) is 0 Å². The van der Waals surface area contributed by atoms with Crippen LogP contribution < -0.4 is 9.47 Å². The quantitative estimate of drug-likeness (QED) is 0.798. The molecule has 1 aromatic carbocycles. The molecule has 0 aromatic heterocycles. The number of benzene rings is 1. The average Bonchev–Trinajstić information content (AvgIpc) is 2.26. The van der Waals surface area contributed by atoms with Gasteiger partial charge in [0.1, 0.15) is 16.9 Å². The minimum atomic E-state index is -1.31. The van der Waals surface area contributed by atoms with Crippen LogP contribution in [0.25, 0.3) is 0 Å². The molecule has 2 N–H and O–H groups in total. The zero-order chi connectivity index (χ0) is 12.3. The predicted octanol–water partition coefficient (Wildman–Crippen LogP) is 1.10. The molecule has 0 fully saturated rings. The maximum absolute atomic E-state index is 11.0. The molecule has 6 nitrogen and oxygen atoms in total. The van der Waals surface area contributed by atoms with E-state index in [-0.39, 0.29) is 22.6 Å². The smallest absolute Gasteiger partial charge is 0.343 e. The Bertz CT molecular complexity index is 437. The van der Waals surface area contributed by atoms with Crippen molar-refractivity contribution < 1.29 is 29.3 Å². The summed E-state index contributed by atoms with van der Waals surface area (Å²) in [6.45, 7) is 0. The lowest BCUT2D eigenvalue weighted by Gasteiger charge is -2.11. The van der Waals surface area contributed by atoms with Gasteiger partial charge in [-0.05, 0) is 12.1 Å². The molecule has 0 saturated carbocycles. The summed E-state index contributed by atoms with van der Waals surface area (Å²) in [7, 11) is 2.50. The highest BCUT2D eigenvalue weighted by atomic mass is 16.5. The van der Waals surface area contributed by atoms with E-state index < -0.39 is 11.9 Å². The van der Waals surface area contributed by atoms with Gasteiger partial charge < -0.3 is 19.7 Å². The number of aromatic carboxylic acids is 2. The second-order valence-electron chi connectivity index (χ2n) is 2.83. The minimum Gasteiger partial charge on any atom is -0.496 e. The Balaban J connectivity index is 3.56. The van der Waals surface area contributed by atoms with Gasteiger partial charge in [0.25, 0.3) is 0 Å². The average molecular weight is 226 g/mol. The van der Waals surface area contributed by atoms with Crippen LogP contribution in [0.5, 0.6) is 11.5 Å². The molecule has 86 valence electrons. The summed E-state index contributed by atoms with van der Waals surface area (Å²) < 4.78 is 9.63. The normalized spacial score (nSPS) is 9.62. The van der Waals surface area contributed by atoms with Gasteiger partial charge >= 0.3 is 11.9 Å². The highest BCUT2D eigenvalue weighted by molar-refractivity contribution is 6.00. The second-order valence-corrected chi connectivity index (χ2v) is 2.83. The summed E-state index contributed by atoms with van der Waals surface area (Å²) in [5, 5.41) is 17.8. The highest BCUT2D eigenvalue weighted by Crippen LogP contribution is 2.32. The molecule has 0 heterocycles. The van der Waals surface area contributed by atoms with Crippen LogP contribution in [0.15, 0.2) is 12.1 Å². The molecular weight excluding hydrogens is 216 g/mol. The zero-order valence-corrected chi connectivity index (χ0v) is 8.68. The maximum Gasteiger partial charge on any atom is 0.343 e. The molecule has 0 spiro atoms. The molecule has 0 amide bonds. The first-order valence-electron chi connectivity index (χ1n) is 4.24. The van der Waals surface area contributed by atoms with Crippen molar-refractivity contribution in [2.75, 3.05) is 14.2 Å². The van der Waals surface area contributed by atoms with Crippen LogP contribution in [-0.4, -0.2) is 36.4 Å². The third-order valence-corrected chi connectivity index (χ3v) is 1.99. The summed E-state index contributed by atoms with van der Waals surface area (Å²) in [6.07, 6.45) is 0. The van der Waals surface area contributed by atoms with Gasteiger partial charge in [0.2, 0.25) is 0 Å². The third kappa shape index (κ3) is 1.90. The molecule has 1 rings (SSSR count). The Morgan fingerprint density at radius 1 is 1.06 bits per heavy atom. The van der Waals surface area contributed by atoms with Gasteiger partial charge in [-0.3, -0.25) is 0 Å². The first-order chi connectivity index (χ1) is 7.52. The second kappa shape index (κ2) is 4.52. The fourth-order valence-electron chi connectivity index (χ4n) is 1.32. The monoisotopic (exact) mass is 226 g/mol. The molecule has 0 saturated heterocycles. The molecule has 16 heavy (non-hydrogen) atoms. The highest BCUT2D eigenvalue weighted by Gasteiger charge is 2.23. The van der Waals surface area contributed by atoms with Crippen LogP contribution >= 0.6 is 0 Å². The van der Waals surface area contributed by atoms with Crippen LogP contribution in [0.2, 0.25) is 0 Å². The van der Waals surface area contributed by atoms with Crippen LogP contribution in [0, 0.1) is 0 Å². The largest absolute Gasteiger partial charge is 0.496 e. The fourth-order valence-corrected chi connectivity index (χ4v) is 1.32. The van der Waals surface area contributed by atoms with Crippen LogP contribution in [0.4, 0.5) is 0 Å². The van der Waals surface area contributed by atoms with Gasteiger partial charge in [0.15, 0.2) is 5.75 Å². The number of carboxylic acids is 2. The molecule has 0 aliphatic rings. The number of carbonyl (C=O) groups is 2. The number of rotatable bonds is 4. The van der Waals surface area contributed by atoms with Crippen LogP contribution in [-0.2, 0) is 0 Å². The van der Waals surface area contributed by atoms with Crippen molar-refractivity contribution in [2.45, 2.75) is 0 Å². The number of hydrogen-bond donors (Lipinski definition) is 2. The lowest BCUT2D eigenvalue weighted by atomic mass is 10.1. The summed E-state index contributed by atoms with van der Waals surface area (Å²) >= 11 is 0. The van der Waals surface area contributed by atoms with E-state index >= 15 is 0 Å². The standard InChI is InChI=1S/C10H10O6/c1-15-6-4-3-5(9(11)12)8(16-2)7(6)10(13)14/h3-4H,1-2H3,(H,11,12)(H,13,14). The van der Waals surface area contributed by atoms with Gasteiger partial charge in [0, 0.05) is 0 Å². The minimum absolute atomic E-state index is 0.0503. The Kier molecular flexibility index (Phi) is 3.34. The number of hydrogen-bond acceptors (Lipinski definition) is 4. The van der Waals surface area contributed by atoms with Crippen LogP contribution in [0.3, 0.4) is 0 Å². The molecule has 6 heteroatoms. The Morgan fingerprint density at radius 2 is 1.69 bits per heavy atom. The van der Waals surface area contributed by atoms with E-state index in [9.17, 15) is 9.59 Å². The molecule has 0 atom stereocenters. The van der Waals surface area contributed by atoms with Gasteiger partial charge in [-0.1, -0.05) is 0 Å². The molecule has 0 aliphatic carbocycles. The van der Waals surface area contributed by atoms with E-state index in [2.05, 4.69) is 0 Å². The summed E-state index contributed by atoms with van der Waals surface area (Å²) in [4.78, 5) is 21.8. The number of carboxylic acid groups (broad SMARTS) is 2. The topological polar surface area (TPSA) is 93.1 Å². The Labute approximate surface area is 91.0 Å². The van der Waals surface area contributed by atoms with E-state index in [1.807, 2.05) is 0 Å². The first kappa shape index (κ1) is 11.8. The van der Waals surface area contributed by atoms with Crippen molar-refractivity contribution in [2.24, 2.45) is 0 Å². The molecule has 0 radical (unpaired) electrons. The van der Waals surface area contributed by atoms with Gasteiger partial charge in [-0.25, -0.2) is 9.59 Å². The van der Waals surface area contributed by atoms with Crippen molar-refractivity contribution in [3.8, 4) is 11.5 Å². The number of ether oxygens (including phenoxy) is 2. The molecule has 0 bridgehead atoms. The van der Waals surface area contributed by atoms with Gasteiger partial charge in [0.05, 0.1) is 14.2 Å². The van der Waals surface area contributed by atoms with E-state index in [4.69, 9.17) is 19.7 Å². The maximum atomic E-state index is 11.0. The fraction of sp³-hybridized carbons (Fsp3) is 0.200. The SMILES string of the molecule is COc1ccc(C(=O)O)c(OC)c1C(=O)O. The molecule has 1 aromatic rings. The van der Waals surface area contributed by atoms with E-state index in [1.165, 1.54) is 26.4 Å². The zero-order valence-electron chi connectivity index (χ0n) is 8.68. The molecule has 0 aliphatic heterocycles. The lowest BCUT2D eigenvalue weighted by molar-refractivity contribution is 0.0688. The van der Waals surface area contributed by atoms with Gasteiger partial charge in [-0.15, -0.1) is 0 Å². The Hall–Kier alpha value is -2.24. The van der Waals surface area contributed by atoms with Crippen molar-refractivity contribution >= 4 is 11.9 Å². The number of methoxy groups -OCH3 is 2. The van der Waals surface area contributed by atoms with Crippen molar-refractivity contribution in [3.63, 3.8) is 0 Å². The Morgan fingerprint density at radius 3 is 2.06 bits per heavy atom.